The molecule has 0 aliphatic carbocycles. The summed E-state index contributed by atoms with van der Waals surface area (Å²) in [7, 11) is 2.81. The standard InChI is InChI=1S/C21H21N5O5S2/c1-11-5-4-7-26-16(11)23-17(25-8-6-22-18(28)13(25)10-15(27)31-3)12(19(26)29)9-14-20(30)24(2)21(32)33-14/h4-5,7,9,13H,6,8,10H2,1-3H3,(H,22,28). The van der Waals surface area contributed by atoms with Gasteiger partial charge >= 0.3 is 5.97 Å². The van der Waals surface area contributed by atoms with Crippen LogP contribution in [0.5, 0.6) is 0 Å². The van der Waals surface area contributed by atoms with Gasteiger partial charge < -0.3 is 15.0 Å². The fourth-order valence-electron chi connectivity index (χ4n) is 3.73. The maximum absolute atomic E-state index is 13.6. The lowest BCUT2D eigenvalue weighted by Crippen LogP contribution is -2.57. The van der Waals surface area contributed by atoms with Gasteiger partial charge in [-0.05, 0) is 24.6 Å². The Labute approximate surface area is 198 Å². The van der Waals surface area contributed by atoms with E-state index in [9.17, 15) is 19.2 Å². The van der Waals surface area contributed by atoms with Gasteiger partial charge in [0.25, 0.3) is 11.5 Å². The largest absolute Gasteiger partial charge is 0.469 e. The molecule has 0 saturated carbocycles. The molecule has 12 heteroatoms. The first kappa shape index (κ1) is 22.9. The van der Waals surface area contributed by atoms with Crippen molar-refractivity contribution in [1.29, 1.82) is 0 Å². The van der Waals surface area contributed by atoms with E-state index >= 15 is 0 Å². The fraction of sp³-hybridized carbons (Fsp3) is 0.333. The van der Waals surface area contributed by atoms with Gasteiger partial charge in [0.05, 0.1) is 24.0 Å². The minimum atomic E-state index is -0.919. The van der Waals surface area contributed by atoms with E-state index in [1.165, 1.54) is 22.5 Å². The van der Waals surface area contributed by atoms with Crippen molar-refractivity contribution in [3.8, 4) is 0 Å². The minimum absolute atomic E-state index is 0.136. The molecule has 2 aromatic heterocycles. The van der Waals surface area contributed by atoms with Crippen LogP contribution in [0.1, 0.15) is 17.5 Å². The van der Waals surface area contributed by atoms with E-state index in [-0.39, 0.29) is 34.5 Å². The molecule has 2 amide bonds. The number of ether oxygens (including phenoxy) is 1. The first-order valence-corrected chi connectivity index (χ1v) is 11.3. The highest BCUT2D eigenvalue weighted by molar-refractivity contribution is 8.26. The van der Waals surface area contributed by atoms with Crippen LogP contribution in [0.4, 0.5) is 5.82 Å². The molecule has 172 valence electrons. The fourth-order valence-corrected chi connectivity index (χ4v) is 4.90. The SMILES string of the molecule is COC(=O)CC1C(=O)NCCN1c1nc2c(C)cccn2c(=O)c1C=C1SC(=S)N(C)C1=O. The number of carbonyl (C=O) groups is 3. The highest BCUT2D eigenvalue weighted by Crippen LogP contribution is 2.33. The molecule has 2 aliphatic rings. The predicted octanol–water partition coefficient (Wildman–Crippen LogP) is 0.702. The highest BCUT2D eigenvalue weighted by Gasteiger charge is 2.36. The zero-order valence-corrected chi connectivity index (χ0v) is 19.8. The quantitative estimate of drug-likeness (QED) is 0.378. The first-order valence-electron chi connectivity index (χ1n) is 10.1. The lowest BCUT2D eigenvalue weighted by Gasteiger charge is -2.36. The molecule has 2 fully saturated rings. The molecule has 10 nitrogen and oxygen atoms in total. The van der Waals surface area contributed by atoms with Crippen LogP contribution in [-0.4, -0.2) is 69.7 Å². The van der Waals surface area contributed by atoms with Crippen LogP contribution in [0.15, 0.2) is 28.0 Å². The van der Waals surface area contributed by atoms with Crippen molar-refractivity contribution in [1.82, 2.24) is 19.6 Å². The summed E-state index contributed by atoms with van der Waals surface area (Å²) < 4.78 is 6.54. The zero-order valence-electron chi connectivity index (χ0n) is 18.2. The Kier molecular flexibility index (Phi) is 6.21. The highest BCUT2D eigenvalue weighted by atomic mass is 32.2. The molecule has 1 N–H and O–H groups in total. The molecular weight excluding hydrogens is 466 g/mol. The van der Waals surface area contributed by atoms with Gasteiger partial charge in [-0.2, -0.15) is 0 Å². The van der Waals surface area contributed by atoms with Crippen molar-refractivity contribution in [3.05, 3.63) is 44.7 Å². The van der Waals surface area contributed by atoms with Crippen LogP contribution < -0.4 is 15.8 Å². The number of rotatable bonds is 4. The van der Waals surface area contributed by atoms with E-state index in [1.807, 2.05) is 13.0 Å². The summed E-state index contributed by atoms with van der Waals surface area (Å²) in [5, 5.41) is 2.74. The minimum Gasteiger partial charge on any atom is -0.469 e. The third-order valence-corrected chi connectivity index (χ3v) is 7.00. The average molecular weight is 488 g/mol. The Morgan fingerprint density at radius 2 is 2.15 bits per heavy atom. The molecule has 0 bridgehead atoms. The van der Waals surface area contributed by atoms with Crippen molar-refractivity contribution in [3.63, 3.8) is 0 Å². The van der Waals surface area contributed by atoms with Crippen molar-refractivity contribution in [2.75, 3.05) is 32.1 Å². The first-order chi connectivity index (χ1) is 15.7. The number of likely N-dealkylation sites (N-methyl/N-ethyl adjacent to an activating group) is 1. The number of carbonyl (C=O) groups excluding carboxylic acids is 3. The van der Waals surface area contributed by atoms with Crippen LogP contribution in [0.2, 0.25) is 0 Å². The van der Waals surface area contributed by atoms with Gasteiger partial charge in [0.2, 0.25) is 5.91 Å². The monoisotopic (exact) mass is 487 g/mol. The maximum atomic E-state index is 13.6. The number of hydrogen-bond acceptors (Lipinski definition) is 9. The van der Waals surface area contributed by atoms with Crippen LogP contribution in [-0.2, 0) is 19.1 Å². The molecule has 1 unspecified atom stereocenters. The van der Waals surface area contributed by atoms with E-state index in [1.54, 1.807) is 24.2 Å². The smallest absolute Gasteiger partial charge is 0.308 e. The summed E-state index contributed by atoms with van der Waals surface area (Å²) in [6.45, 7) is 2.45. The van der Waals surface area contributed by atoms with Gasteiger partial charge in [-0.3, -0.25) is 28.5 Å². The van der Waals surface area contributed by atoms with E-state index in [4.69, 9.17) is 21.9 Å². The average Bonchev–Trinajstić information content (AvgIpc) is 3.03. The third kappa shape index (κ3) is 4.11. The second kappa shape index (κ2) is 8.94. The van der Waals surface area contributed by atoms with E-state index in [0.717, 1.165) is 17.3 Å². The van der Waals surface area contributed by atoms with Crippen LogP contribution in [0, 0.1) is 6.92 Å². The molecule has 33 heavy (non-hydrogen) atoms. The second-order valence-corrected chi connectivity index (χ2v) is 9.24. The molecule has 2 saturated heterocycles. The number of fused-ring (bicyclic) bond motifs is 1. The molecule has 4 heterocycles. The molecule has 0 radical (unpaired) electrons. The summed E-state index contributed by atoms with van der Waals surface area (Å²) in [5.41, 5.74) is 0.910. The van der Waals surface area contributed by atoms with Crippen LogP contribution >= 0.6 is 24.0 Å². The number of thiocarbonyl (C=S) groups is 1. The number of aromatic nitrogens is 2. The van der Waals surface area contributed by atoms with Crippen LogP contribution in [0.25, 0.3) is 11.7 Å². The third-order valence-electron chi connectivity index (χ3n) is 5.52. The normalized spacial score (nSPS) is 20.0. The molecule has 0 aromatic carbocycles. The second-order valence-electron chi connectivity index (χ2n) is 7.56. The number of esters is 1. The number of methoxy groups -OCH3 is 1. The summed E-state index contributed by atoms with van der Waals surface area (Å²) in [5.74, 6) is -1.04. The van der Waals surface area contributed by atoms with Gasteiger partial charge in [-0.15, -0.1) is 0 Å². The van der Waals surface area contributed by atoms with Crippen molar-refractivity contribution >= 4 is 63.6 Å². The summed E-state index contributed by atoms with van der Waals surface area (Å²) in [6.07, 6.45) is 2.84. The number of nitrogens with zero attached hydrogens (tertiary/aromatic N) is 4. The lowest BCUT2D eigenvalue weighted by molar-refractivity contribution is -0.143. The number of anilines is 1. The number of pyridine rings is 1. The molecule has 2 aliphatic heterocycles. The van der Waals surface area contributed by atoms with Crippen molar-refractivity contribution in [2.24, 2.45) is 0 Å². The Balaban J connectivity index is 1.95. The van der Waals surface area contributed by atoms with Gasteiger partial charge in [0, 0.05) is 26.3 Å². The zero-order chi connectivity index (χ0) is 23.9. The van der Waals surface area contributed by atoms with E-state index in [2.05, 4.69) is 5.32 Å². The molecule has 4 rings (SSSR count). The molecule has 1 atom stereocenters. The Bertz CT molecular complexity index is 1290. The summed E-state index contributed by atoms with van der Waals surface area (Å²) >= 11 is 6.29. The summed E-state index contributed by atoms with van der Waals surface area (Å²) in [6, 6.07) is 2.63. The Morgan fingerprint density at radius 1 is 1.39 bits per heavy atom. The number of aryl methyl sites for hydroxylation is 1. The predicted molar refractivity (Wildman–Crippen MR) is 128 cm³/mol. The van der Waals surface area contributed by atoms with E-state index < -0.39 is 17.6 Å². The molecule has 2 aromatic rings. The molecular formula is C21H21N5O5S2. The number of nitrogens with one attached hydrogen (secondary N) is 1. The van der Waals surface area contributed by atoms with Gasteiger partial charge in [-0.25, -0.2) is 4.98 Å². The lowest BCUT2D eigenvalue weighted by atomic mass is 10.1. The number of amides is 2. The van der Waals surface area contributed by atoms with Gasteiger partial charge in [0.15, 0.2) is 0 Å². The van der Waals surface area contributed by atoms with Crippen molar-refractivity contribution in [2.45, 2.75) is 19.4 Å². The Morgan fingerprint density at radius 3 is 2.82 bits per heavy atom. The number of hydrogen-bond donors (Lipinski definition) is 1. The van der Waals surface area contributed by atoms with E-state index in [0.29, 0.717) is 23.1 Å². The topological polar surface area (TPSA) is 113 Å². The Hall–Kier alpha value is -3.25. The maximum Gasteiger partial charge on any atom is 0.308 e. The van der Waals surface area contributed by atoms with Crippen molar-refractivity contribution < 1.29 is 19.1 Å². The van der Waals surface area contributed by atoms with Gasteiger partial charge in [0.1, 0.15) is 21.8 Å². The van der Waals surface area contributed by atoms with Crippen LogP contribution in [0.3, 0.4) is 0 Å². The number of piperazine rings is 1. The summed E-state index contributed by atoms with van der Waals surface area (Å²) in [4.78, 5) is 58.8. The van der Waals surface area contributed by atoms with Gasteiger partial charge in [-0.1, -0.05) is 30.0 Å². The number of thioether (sulfide) groups is 1. The molecule has 0 spiro atoms.